The molecule has 0 aliphatic carbocycles. The Morgan fingerprint density at radius 1 is 1.24 bits per heavy atom. The molecule has 5 heteroatoms. The molecule has 4 nitrogen and oxygen atoms in total. The third kappa shape index (κ3) is 2.77. The topological polar surface area (TPSA) is 26.8 Å². The molecule has 0 amide bonds. The van der Waals surface area contributed by atoms with Gasteiger partial charge in [-0.15, -0.1) is 0 Å². The quantitative estimate of drug-likeness (QED) is 0.767. The smallest absolute Gasteiger partial charge is 0.297 e. The summed E-state index contributed by atoms with van der Waals surface area (Å²) in [6.07, 6.45) is 0. The van der Waals surface area contributed by atoms with Gasteiger partial charge in [-0.05, 0) is 32.9 Å². The Morgan fingerprint density at radius 2 is 1.81 bits per heavy atom. The van der Waals surface area contributed by atoms with E-state index in [1.54, 1.807) is 0 Å². The molecule has 1 aliphatic heterocycles. The van der Waals surface area contributed by atoms with E-state index in [9.17, 15) is 4.57 Å². The summed E-state index contributed by atoms with van der Waals surface area (Å²) in [7, 11) is -2.73. The normalized spacial score (nSPS) is 27.0. The largest absolute Gasteiger partial charge is 0.311 e. The van der Waals surface area contributed by atoms with Crippen LogP contribution in [-0.2, 0) is 4.57 Å². The van der Waals surface area contributed by atoms with Gasteiger partial charge in [-0.25, -0.2) is 9.34 Å². The summed E-state index contributed by atoms with van der Waals surface area (Å²) in [4.78, 5) is 0. The Kier molecular flexibility index (Phi) is 5.13. The molecule has 0 aromatic heterocycles. The summed E-state index contributed by atoms with van der Waals surface area (Å²) >= 11 is 0. The van der Waals surface area contributed by atoms with E-state index in [-0.39, 0.29) is 12.1 Å². The van der Waals surface area contributed by atoms with Crippen LogP contribution in [0.15, 0.2) is 30.3 Å². The molecule has 1 aromatic rings. The van der Waals surface area contributed by atoms with E-state index < -0.39 is 7.59 Å². The van der Waals surface area contributed by atoms with Crippen molar-refractivity contribution in [3.8, 4) is 0 Å². The van der Waals surface area contributed by atoms with Crippen molar-refractivity contribution in [2.24, 2.45) is 0 Å². The molecule has 0 N–H and O–H groups in total. The van der Waals surface area contributed by atoms with Gasteiger partial charge in [-0.2, -0.15) is 0 Å². The summed E-state index contributed by atoms with van der Waals surface area (Å²) in [5.74, 6) is 0. The monoisotopic (exact) mass is 309 g/mol. The van der Waals surface area contributed by atoms with Crippen molar-refractivity contribution in [1.29, 1.82) is 0 Å². The fourth-order valence-corrected chi connectivity index (χ4v) is 7.03. The Hall–Kier alpha value is -0.830. The minimum Gasteiger partial charge on any atom is -0.297 e. The Labute approximate surface area is 129 Å². The van der Waals surface area contributed by atoms with Gasteiger partial charge in [0.1, 0.15) is 0 Å². The molecular weight excluding hydrogens is 281 g/mol. The SMILES string of the molecule is CCN(CC)[P@@]1(=O)N(c2ccccc2)C[C@H](C)N1C(C)C. The fraction of sp³-hybridized carbons (Fsp3) is 0.625. The van der Waals surface area contributed by atoms with Crippen LogP contribution >= 0.6 is 7.59 Å². The van der Waals surface area contributed by atoms with Crippen molar-refractivity contribution < 1.29 is 4.57 Å². The van der Waals surface area contributed by atoms with Crippen LogP contribution in [0.4, 0.5) is 5.69 Å². The lowest BCUT2D eigenvalue weighted by Crippen LogP contribution is -2.38. The minimum atomic E-state index is -2.73. The van der Waals surface area contributed by atoms with E-state index >= 15 is 0 Å². The number of para-hydroxylation sites is 1. The predicted molar refractivity (Wildman–Crippen MR) is 90.8 cm³/mol. The summed E-state index contributed by atoms with van der Waals surface area (Å²) in [6, 6.07) is 10.7. The second-order valence-electron chi connectivity index (χ2n) is 5.89. The highest BCUT2D eigenvalue weighted by atomic mass is 31.2. The first kappa shape index (κ1) is 16.5. The van der Waals surface area contributed by atoms with Crippen LogP contribution < -0.4 is 4.67 Å². The zero-order chi connectivity index (χ0) is 15.6. The van der Waals surface area contributed by atoms with Crippen molar-refractivity contribution >= 4 is 13.3 Å². The number of rotatable bonds is 5. The number of anilines is 1. The third-order valence-electron chi connectivity index (χ3n) is 4.19. The molecule has 0 saturated carbocycles. The molecule has 1 saturated heterocycles. The molecule has 1 fully saturated rings. The molecule has 1 aliphatic rings. The van der Waals surface area contributed by atoms with Gasteiger partial charge < -0.3 is 0 Å². The summed E-state index contributed by atoms with van der Waals surface area (Å²) in [5.41, 5.74) is 1.06. The van der Waals surface area contributed by atoms with Crippen LogP contribution in [-0.4, -0.2) is 41.1 Å². The van der Waals surface area contributed by atoms with E-state index in [0.29, 0.717) is 0 Å². The predicted octanol–water partition coefficient (Wildman–Crippen LogP) is 4.06. The van der Waals surface area contributed by atoms with Gasteiger partial charge in [0.25, 0.3) is 0 Å². The number of nitrogens with zero attached hydrogens (tertiary/aromatic N) is 3. The van der Waals surface area contributed by atoms with Crippen LogP contribution in [0, 0.1) is 0 Å². The average Bonchev–Trinajstić information content (AvgIpc) is 2.73. The highest BCUT2D eigenvalue weighted by Crippen LogP contribution is 2.63. The fourth-order valence-electron chi connectivity index (χ4n) is 3.38. The van der Waals surface area contributed by atoms with Gasteiger partial charge in [0, 0.05) is 37.4 Å². The molecule has 2 rings (SSSR count). The summed E-state index contributed by atoms with van der Waals surface area (Å²) in [5, 5.41) is 0. The highest BCUT2D eigenvalue weighted by Gasteiger charge is 2.51. The third-order valence-corrected chi connectivity index (χ3v) is 7.97. The van der Waals surface area contributed by atoms with E-state index in [0.717, 1.165) is 25.3 Å². The molecule has 2 atom stereocenters. The van der Waals surface area contributed by atoms with Crippen molar-refractivity contribution in [1.82, 2.24) is 9.34 Å². The van der Waals surface area contributed by atoms with Crippen molar-refractivity contribution in [2.75, 3.05) is 24.3 Å². The van der Waals surface area contributed by atoms with Gasteiger partial charge in [0.15, 0.2) is 0 Å². The van der Waals surface area contributed by atoms with E-state index in [1.165, 1.54) is 0 Å². The molecule has 1 aromatic carbocycles. The average molecular weight is 309 g/mol. The molecule has 118 valence electrons. The zero-order valence-electron chi connectivity index (χ0n) is 13.9. The van der Waals surface area contributed by atoms with Crippen LogP contribution in [0.25, 0.3) is 0 Å². The maximum absolute atomic E-state index is 14.1. The minimum absolute atomic E-state index is 0.264. The molecule has 0 unspecified atom stereocenters. The first-order valence-corrected chi connectivity index (χ1v) is 9.50. The number of hydrogen-bond acceptors (Lipinski definition) is 1. The lowest BCUT2D eigenvalue weighted by Gasteiger charge is -2.40. The van der Waals surface area contributed by atoms with E-state index in [4.69, 9.17) is 0 Å². The van der Waals surface area contributed by atoms with Gasteiger partial charge in [-0.1, -0.05) is 32.0 Å². The standard InChI is InChI=1S/C16H28N3OP/c1-6-17(7-2)21(20)18(16-11-9-8-10-12-16)13-15(5)19(21)14(3)4/h8-12,14-15H,6-7,13H2,1-5H3/t15-,21+/m0/s1. The van der Waals surface area contributed by atoms with Crippen molar-refractivity contribution in [3.63, 3.8) is 0 Å². The molecule has 21 heavy (non-hydrogen) atoms. The maximum Gasteiger partial charge on any atom is 0.311 e. The molecule has 0 spiro atoms. The van der Waals surface area contributed by atoms with E-state index in [1.807, 2.05) is 18.2 Å². The first-order chi connectivity index (χ1) is 9.96. The number of hydrogen-bond donors (Lipinski definition) is 0. The Bertz CT molecular complexity index is 502. The summed E-state index contributed by atoms with van der Waals surface area (Å²) in [6.45, 7) is 13.1. The number of benzene rings is 1. The maximum atomic E-state index is 14.1. The highest BCUT2D eigenvalue weighted by molar-refractivity contribution is 7.61. The lowest BCUT2D eigenvalue weighted by molar-refractivity contribution is 0.287. The Balaban J connectivity index is 2.52. The van der Waals surface area contributed by atoms with E-state index in [2.05, 4.69) is 60.8 Å². The van der Waals surface area contributed by atoms with Crippen LogP contribution in [0.1, 0.15) is 34.6 Å². The van der Waals surface area contributed by atoms with Gasteiger partial charge >= 0.3 is 7.59 Å². The van der Waals surface area contributed by atoms with Crippen LogP contribution in [0.2, 0.25) is 0 Å². The van der Waals surface area contributed by atoms with Crippen molar-refractivity contribution in [3.05, 3.63) is 30.3 Å². The molecule has 0 radical (unpaired) electrons. The second-order valence-corrected chi connectivity index (χ2v) is 8.43. The van der Waals surface area contributed by atoms with Gasteiger partial charge in [0.2, 0.25) is 0 Å². The van der Waals surface area contributed by atoms with Gasteiger partial charge in [0.05, 0.1) is 0 Å². The second kappa shape index (κ2) is 6.51. The van der Waals surface area contributed by atoms with Crippen LogP contribution in [0.5, 0.6) is 0 Å². The van der Waals surface area contributed by atoms with Gasteiger partial charge in [-0.3, -0.25) is 9.24 Å². The zero-order valence-corrected chi connectivity index (χ0v) is 14.8. The van der Waals surface area contributed by atoms with Crippen molar-refractivity contribution in [2.45, 2.75) is 46.7 Å². The summed E-state index contributed by atoms with van der Waals surface area (Å²) < 4.78 is 20.5. The van der Waals surface area contributed by atoms with Crippen LogP contribution in [0.3, 0.4) is 0 Å². The Morgan fingerprint density at radius 3 is 2.29 bits per heavy atom. The molecular formula is C16H28N3OP. The molecule has 0 bridgehead atoms. The lowest BCUT2D eigenvalue weighted by atomic mass is 10.2. The molecule has 1 heterocycles. The first-order valence-electron chi connectivity index (χ1n) is 7.94.